The van der Waals surface area contributed by atoms with Crippen LogP contribution in [0.2, 0.25) is 0 Å². The minimum absolute atomic E-state index is 0.149. The van der Waals surface area contributed by atoms with Crippen molar-refractivity contribution in [2.75, 3.05) is 27.9 Å². The highest BCUT2D eigenvalue weighted by Gasteiger charge is 2.57. The molecule has 7 heteroatoms. The second-order valence-corrected chi connectivity index (χ2v) is 8.68. The molecule has 0 aliphatic carbocycles. The molecular weight excluding hydrogens is 460 g/mol. The molecule has 1 aliphatic heterocycles. The smallest absolute Gasteiger partial charge is 0.186 e. The molecule has 0 radical (unpaired) electrons. The molecule has 1 saturated heterocycles. The van der Waals surface area contributed by atoms with E-state index in [2.05, 4.69) is 0 Å². The number of benzene rings is 3. The lowest BCUT2D eigenvalue weighted by Gasteiger charge is -2.48. The van der Waals surface area contributed by atoms with Crippen molar-refractivity contribution in [3.63, 3.8) is 0 Å². The zero-order valence-electron chi connectivity index (χ0n) is 20.7. The lowest BCUT2D eigenvalue weighted by Crippen LogP contribution is -2.69. The average Bonchev–Trinajstić information content (AvgIpc) is 2.95. The Balaban J connectivity index is 1.81. The van der Waals surface area contributed by atoms with Gasteiger partial charge in [0, 0.05) is 21.3 Å². The molecule has 1 fully saturated rings. The SMILES string of the molecule is CO[C@H]1O[C@H](COC(c2ccccc2)(c2ccccc2)c2ccccc2)[C@](O)(C=O)[C@H](OC)[C@H]1OC. The number of aldehydes is 1. The molecule has 0 aromatic heterocycles. The lowest BCUT2D eigenvalue weighted by molar-refractivity contribution is -0.326. The first-order valence-electron chi connectivity index (χ1n) is 11.8. The molecule has 1 N–H and O–H groups in total. The minimum atomic E-state index is -2.04. The van der Waals surface area contributed by atoms with Crippen LogP contribution in [0.4, 0.5) is 0 Å². The number of aliphatic hydroxyl groups is 1. The topological polar surface area (TPSA) is 83.5 Å². The van der Waals surface area contributed by atoms with Gasteiger partial charge in [0.2, 0.25) is 0 Å². The number of hydrogen-bond acceptors (Lipinski definition) is 7. The summed E-state index contributed by atoms with van der Waals surface area (Å²) in [4.78, 5) is 12.3. The van der Waals surface area contributed by atoms with E-state index in [-0.39, 0.29) is 6.61 Å². The third-order valence-corrected chi connectivity index (χ3v) is 6.78. The van der Waals surface area contributed by atoms with Crippen molar-refractivity contribution >= 4 is 6.29 Å². The molecule has 7 nitrogen and oxygen atoms in total. The van der Waals surface area contributed by atoms with Crippen molar-refractivity contribution in [1.29, 1.82) is 0 Å². The maximum Gasteiger partial charge on any atom is 0.186 e. The van der Waals surface area contributed by atoms with E-state index in [1.807, 2.05) is 91.0 Å². The fourth-order valence-corrected chi connectivity index (χ4v) is 4.97. The maximum atomic E-state index is 12.3. The van der Waals surface area contributed by atoms with Crippen LogP contribution in [-0.4, -0.2) is 69.5 Å². The van der Waals surface area contributed by atoms with Crippen molar-refractivity contribution in [3.05, 3.63) is 108 Å². The lowest BCUT2D eigenvalue weighted by atomic mass is 9.79. The van der Waals surface area contributed by atoms with Gasteiger partial charge in [-0.15, -0.1) is 0 Å². The molecule has 1 aliphatic rings. The Hall–Kier alpha value is -2.91. The Kier molecular flexibility index (Phi) is 8.31. The molecule has 3 aromatic carbocycles. The van der Waals surface area contributed by atoms with E-state index in [0.29, 0.717) is 6.29 Å². The summed E-state index contributed by atoms with van der Waals surface area (Å²) in [6, 6.07) is 29.5. The van der Waals surface area contributed by atoms with E-state index in [1.54, 1.807) is 0 Å². The normalized spacial score (nSPS) is 26.4. The highest BCUT2D eigenvalue weighted by Crippen LogP contribution is 2.42. The first kappa shape index (κ1) is 26.2. The Labute approximate surface area is 211 Å². The van der Waals surface area contributed by atoms with E-state index >= 15 is 0 Å². The number of carbonyl (C=O) groups is 1. The van der Waals surface area contributed by atoms with Gasteiger partial charge >= 0.3 is 0 Å². The Morgan fingerprint density at radius 2 is 1.28 bits per heavy atom. The van der Waals surface area contributed by atoms with Crippen LogP contribution in [0.15, 0.2) is 91.0 Å². The van der Waals surface area contributed by atoms with E-state index in [9.17, 15) is 9.90 Å². The number of ether oxygens (including phenoxy) is 5. The number of carbonyl (C=O) groups excluding carboxylic acids is 1. The van der Waals surface area contributed by atoms with Crippen molar-refractivity contribution < 1.29 is 33.6 Å². The van der Waals surface area contributed by atoms with Crippen LogP contribution in [-0.2, 0) is 34.1 Å². The van der Waals surface area contributed by atoms with Gasteiger partial charge in [0.15, 0.2) is 18.2 Å². The monoisotopic (exact) mass is 492 g/mol. The van der Waals surface area contributed by atoms with E-state index < -0.39 is 35.8 Å². The first-order chi connectivity index (χ1) is 17.5. The third kappa shape index (κ3) is 4.62. The molecule has 0 saturated carbocycles. The van der Waals surface area contributed by atoms with Gasteiger partial charge < -0.3 is 28.8 Å². The molecular formula is C29H32O7. The summed E-state index contributed by atoms with van der Waals surface area (Å²) in [7, 11) is 4.32. The van der Waals surface area contributed by atoms with E-state index in [0.717, 1.165) is 16.7 Å². The van der Waals surface area contributed by atoms with Crippen LogP contribution in [0.25, 0.3) is 0 Å². The summed E-state index contributed by atoms with van der Waals surface area (Å²) < 4.78 is 29.3. The zero-order valence-corrected chi connectivity index (χ0v) is 20.7. The molecule has 0 amide bonds. The van der Waals surface area contributed by atoms with Gasteiger partial charge in [0.05, 0.1) is 6.61 Å². The number of rotatable bonds is 10. The Bertz CT molecular complexity index is 996. The molecule has 1 heterocycles. The summed E-state index contributed by atoms with van der Waals surface area (Å²) in [6.45, 7) is -0.149. The van der Waals surface area contributed by atoms with Gasteiger partial charge in [-0.05, 0) is 16.7 Å². The summed E-state index contributed by atoms with van der Waals surface area (Å²) in [5.41, 5.74) is -0.446. The van der Waals surface area contributed by atoms with E-state index in [4.69, 9.17) is 23.7 Å². The van der Waals surface area contributed by atoms with Crippen LogP contribution in [0.3, 0.4) is 0 Å². The molecule has 0 spiro atoms. The second-order valence-electron chi connectivity index (χ2n) is 8.68. The fraction of sp³-hybridized carbons (Fsp3) is 0.345. The van der Waals surface area contributed by atoms with Crippen LogP contribution in [0, 0.1) is 0 Å². The quantitative estimate of drug-likeness (QED) is 0.343. The predicted molar refractivity (Wildman–Crippen MR) is 133 cm³/mol. The van der Waals surface area contributed by atoms with Crippen molar-refractivity contribution in [2.24, 2.45) is 0 Å². The summed E-state index contributed by atoms with van der Waals surface area (Å²) >= 11 is 0. The van der Waals surface area contributed by atoms with Crippen LogP contribution >= 0.6 is 0 Å². The van der Waals surface area contributed by atoms with Gasteiger partial charge in [-0.25, -0.2) is 0 Å². The fourth-order valence-electron chi connectivity index (χ4n) is 4.97. The third-order valence-electron chi connectivity index (χ3n) is 6.78. The van der Waals surface area contributed by atoms with Gasteiger partial charge in [0.25, 0.3) is 0 Å². The summed E-state index contributed by atoms with van der Waals surface area (Å²) in [5, 5.41) is 11.5. The highest BCUT2D eigenvalue weighted by atomic mass is 16.7. The summed E-state index contributed by atoms with van der Waals surface area (Å²) in [5.74, 6) is 0. The number of hydrogen-bond donors (Lipinski definition) is 1. The van der Waals surface area contributed by atoms with Gasteiger partial charge in [0.1, 0.15) is 23.9 Å². The largest absolute Gasteiger partial charge is 0.377 e. The summed E-state index contributed by atoms with van der Waals surface area (Å²) in [6.07, 6.45) is -3.41. The van der Waals surface area contributed by atoms with E-state index in [1.165, 1.54) is 21.3 Å². The predicted octanol–water partition coefficient (Wildman–Crippen LogP) is 3.33. The molecule has 190 valence electrons. The maximum absolute atomic E-state index is 12.3. The van der Waals surface area contributed by atoms with Gasteiger partial charge in [-0.2, -0.15) is 0 Å². The standard InChI is InChI=1S/C29H32O7/c1-32-25-26(33-2)28(31,20-30)24(36-27(25)34-3)19-35-29(21-13-7-4-8-14-21,22-15-9-5-10-16-22)23-17-11-6-12-18-23/h4-18,20,24-27,31H,19H2,1-3H3/t24-,25-,26-,27+,28-/m1/s1. The first-order valence-corrected chi connectivity index (χ1v) is 11.8. The molecule has 36 heavy (non-hydrogen) atoms. The van der Waals surface area contributed by atoms with Gasteiger partial charge in [-0.3, -0.25) is 4.79 Å². The van der Waals surface area contributed by atoms with Crippen molar-refractivity contribution in [2.45, 2.75) is 35.8 Å². The molecule has 4 rings (SSSR count). The van der Waals surface area contributed by atoms with Crippen LogP contribution < -0.4 is 0 Å². The Morgan fingerprint density at radius 1 is 0.806 bits per heavy atom. The second kappa shape index (κ2) is 11.4. The Morgan fingerprint density at radius 3 is 1.64 bits per heavy atom. The molecule has 5 atom stereocenters. The average molecular weight is 493 g/mol. The van der Waals surface area contributed by atoms with Crippen LogP contribution in [0.5, 0.6) is 0 Å². The minimum Gasteiger partial charge on any atom is -0.377 e. The van der Waals surface area contributed by atoms with Crippen LogP contribution in [0.1, 0.15) is 16.7 Å². The van der Waals surface area contributed by atoms with Crippen molar-refractivity contribution in [1.82, 2.24) is 0 Å². The zero-order chi connectivity index (χ0) is 25.6. The molecule has 3 aromatic rings. The van der Waals surface area contributed by atoms with Gasteiger partial charge in [-0.1, -0.05) is 91.0 Å². The van der Waals surface area contributed by atoms with Crippen molar-refractivity contribution in [3.8, 4) is 0 Å². The molecule has 0 bridgehead atoms. The highest BCUT2D eigenvalue weighted by molar-refractivity contribution is 5.65. The number of methoxy groups -OCH3 is 3. The molecule has 0 unspecified atom stereocenters.